The molecule has 2 nitrogen and oxygen atoms in total. The van der Waals surface area contributed by atoms with Crippen LogP contribution in [0.2, 0.25) is 0 Å². The van der Waals surface area contributed by atoms with Crippen LogP contribution in [0, 0.1) is 0 Å². The first kappa shape index (κ1) is 12.6. The number of nitrogens with one attached hydrogen (secondary N) is 2. The van der Waals surface area contributed by atoms with E-state index in [1.807, 2.05) is 18.2 Å². The van der Waals surface area contributed by atoms with Crippen LogP contribution in [0.4, 0.5) is 5.69 Å². The number of hydrogen-bond acceptors (Lipinski definition) is 3. The summed E-state index contributed by atoms with van der Waals surface area (Å²) in [4.78, 5) is 1.36. The standard InChI is InChI=1S/C13H15BrN2S/c14-13-7-6-12(17-13)10-15-8-9-16-11-4-2-1-3-5-11/h1-7,15-16H,8-10H2. The van der Waals surface area contributed by atoms with Gasteiger partial charge in [0.05, 0.1) is 3.79 Å². The second-order valence-electron chi connectivity index (χ2n) is 3.68. The van der Waals surface area contributed by atoms with Crippen molar-refractivity contribution in [2.24, 2.45) is 0 Å². The minimum atomic E-state index is 0.937. The highest BCUT2D eigenvalue weighted by molar-refractivity contribution is 9.11. The van der Waals surface area contributed by atoms with Crippen molar-refractivity contribution in [3.05, 3.63) is 51.1 Å². The van der Waals surface area contributed by atoms with Gasteiger partial charge in [-0.3, -0.25) is 0 Å². The highest BCUT2D eigenvalue weighted by Crippen LogP contribution is 2.21. The van der Waals surface area contributed by atoms with E-state index in [1.165, 1.54) is 14.4 Å². The fraction of sp³-hybridized carbons (Fsp3) is 0.231. The lowest BCUT2D eigenvalue weighted by molar-refractivity contribution is 0.714. The van der Waals surface area contributed by atoms with Crippen molar-refractivity contribution in [3.8, 4) is 0 Å². The normalized spacial score (nSPS) is 10.4. The molecule has 0 unspecified atom stereocenters. The highest BCUT2D eigenvalue weighted by Gasteiger charge is 1.96. The van der Waals surface area contributed by atoms with E-state index in [4.69, 9.17) is 0 Å². The number of thiophene rings is 1. The largest absolute Gasteiger partial charge is 0.384 e. The van der Waals surface area contributed by atoms with E-state index in [-0.39, 0.29) is 0 Å². The molecule has 0 saturated heterocycles. The molecule has 17 heavy (non-hydrogen) atoms. The van der Waals surface area contributed by atoms with Crippen LogP contribution in [0.3, 0.4) is 0 Å². The van der Waals surface area contributed by atoms with Gasteiger partial charge in [-0.1, -0.05) is 18.2 Å². The zero-order chi connectivity index (χ0) is 11.9. The van der Waals surface area contributed by atoms with Gasteiger partial charge in [0, 0.05) is 30.2 Å². The average Bonchev–Trinajstić information content (AvgIpc) is 2.76. The summed E-state index contributed by atoms with van der Waals surface area (Å²) in [7, 11) is 0. The third-order valence-corrected chi connectivity index (χ3v) is 3.96. The Hall–Kier alpha value is -0.840. The summed E-state index contributed by atoms with van der Waals surface area (Å²) in [5, 5.41) is 6.78. The first-order valence-electron chi connectivity index (χ1n) is 5.58. The van der Waals surface area contributed by atoms with Crippen molar-refractivity contribution in [2.75, 3.05) is 18.4 Å². The Balaban J connectivity index is 1.61. The molecule has 1 aromatic heterocycles. The molecule has 0 atom stereocenters. The number of halogens is 1. The van der Waals surface area contributed by atoms with Crippen molar-refractivity contribution >= 4 is 33.0 Å². The lowest BCUT2D eigenvalue weighted by Crippen LogP contribution is -2.21. The highest BCUT2D eigenvalue weighted by atomic mass is 79.9. The van der Waals surface area contributed by atoms with Gasteiger partial charge in [-0.15, -0.1) is 11.3 Å². The molecule has 2 aromatic rings. The number of rotatable bonds is 6. The molecule has 1 heterocycles. The molecule has 4 heteroatoms. The van der Waals surface area contributed by atoms with E-state index in [0.29, 0.717) is 0 Å². The van der Waals surface area contributed by atoms with Gasteiger partial charge in [-0.2, -0.15) is 0 Å². The van der Waals surface area contributed by atoms with E-state index < -0.39 is 0 Å². The van der Waals surface area contributed by atoms with Crippen LogP contribution < -0.4 is 10.6 Å². The van der Waals surface area contributed by atoms with Crippen molar-refractivity contribution in [2.45, 2.75) is 6.54 Å². The Labute approximate surface area is 114 Å². The van der Waals surface area contributed by atoms with Gasteiger partial charge in [0.2, 0.25) is 0 Å². The number of anilines is 1. The number of para-hydroxylation sites is 1. The Morgan fingerprint density at radius 1 is 1.00 bits per heavy atom. The SMILES string of the molecule is Brc1ccc(CNCCNc2ccccc2)s1. The third kappa shape index (κ3) is 4.50. The van der Waals surface area contributed by atoms with E-state index in [9.17, 15) is 0 Å². The summed E-state index contributed by atoms with van der Waals surface area (Å²) in [5.41, 5.74) is 1.17. The minimum absolute atomic E-state index is 0.937. The van der Waals surface area contributed by atoms with Crippen molar-refractivity contribution in [3.63, 3.8) is 0 Å². The average molecular weight is 311 g/mol. The molecule has 0 saturated carbocycles. The van der Waals surface area contributed by atoms with Crippen LogP contribution in [-0.4, -0.2) is 13.1 Å². The Morgan fingerprint density at radius 2 is 1.82 bits per heavy atom. The second-order valence-corrected chi connectivity index (χ2v) is 6.22. The van der Waals surface area contributed by atoms with E-state index in [0.717, 1.165) is 19.6 Å². The third-order valence-electron chi connectivity index (χ3n) is 2.33. The summed E-state index contributed by atoms with van der Waals surface area (Å²) < 4.78 is 1.19. The van der Waals surface area contributed by atoms with E-state index in [2.05, 4.69) is 50.8 Å². The van der Waals surface area contributed by atoms with Crippen molar-refractivity contribution < 1.29 is 0 Å². The van der Waals surface area contributed by atoms with Crippen LogP contribution in [0.25, 0.3) is 0 Å². The molecule has 1 aromatic carbocycles. The molecule has 0 radical (unpaired) electrons. The molecule has 0 aliphatic rings. The van der Waals surface area contributed by atoms with Gasteiger partial charge < -0.3 is 10.6 Å². The van der Waals surface area contributed by atoms with Gasteiger partial charge in [0.15, 0.2) is 0 Å². The molecule has 0 fully saturated rings. The maximum Gasteiger partial charge on any atom is 0.0701 e. The summed E-state index contributed by atoms with van der Waals surface area (Å²) in [6, 6.07) is 14.5. The minimum Gasteiger partial charge on any atom is -0.384 e. The van der Waals surface area contributed by atoms with E-state index >= 15 is 0 Å². The monoisotopic (exact) mass is 310 g/mol. The van der Waals surface area contributed by atoms with Gasteiger partial charge in [-0.25, -0.2) is 0 Å². The van der Waals surface area contributed by atoms with Crippen molar-refractivity contribution in [1.82, 2.24) is 5.32 Å². The molecule has 0 aliphatic carbocycles. The molecule has 0 amide bonds. The predicted octanol–water partition coefficient (Wildman–Crippen LogP) is 3.71. The molecule has 2 N–H and O–H groups in total. The molecular formula is C13H15BrN2S. The molecular weight excluding hydrogens is 296 g/mol. The fourth-order valence-electron chi connectivity index (χ4n) is 1.51. The number of hydrogen-bond donors (Lipinski definition) is 2. The first-order valence-corrected chi connectivity index (χ1v) is 7.19. The molecule has 2 rings (SSSR count). The summed E-state index contributed by atoms with van der Waals surface area (Å²) in [6.45, 7) is 2.84. The smallest absolute Gasteiger partial charge is 0.0701 e. The van der Waals surface area contributed by atoms with Crippen LogP contribution in [0.15, 0.2) is 46.3 Å². The van der Waals surface area contributed by atoms with Crippen LogP contribution in [0.1, 0.15) is 4.88 Å². The van der Waals surface area contributed by atoms with Crippen LogP contribution in [0.5, 0.6) is 0 Å². The van der Waals surface area contributed by atoms with Gasteiger partial charge in [0.1, 0.15) is 0 Å². The second kappa shape index (κ2) is 6.79. The number of benzene rings is 1. The van der Waals surface area contributed by atoms with Gasteiger partial charge in [-0.05, 0) is 40.2 Å². The molecule has 0 bridgehead atoms. The van der Waals surface area contributed by atoms with Crippen LogP contribution >= 0.6 is 27.3 Å². The Bertz CT molecular complexity index is 442. The molecule has 90 valence electrons. The lowest BCUT2D eigenvalue weighted by Gasteiger charge is -2.06. The summed E-state index contributed by atoms with van der Waals surface area (Å²) >= 11 is 5.24. The van der Waals surface area contributed by atoms with Crippen LogP contribution in [-0.2, 0) is 6.54 Å². The Morgan fingerprint density at radius 3 is 2.53 bits per heavy atom. The van der Waals surface area contributed by atoms with Gasteiger partial charge >= 0.3 is 0 Å². The summed E-state index contributed by atoms with van der Waals surface area (Å²) in [5.74, 6) is 0. The quantitative estimate of drug-likeness (QED) is 0.795. The maximum absolute atomic E-state index is 3.46. The molecule has 0 aliphatic heterocycles. The predicted molar refractivity (Wildman–Crippen MR) is 78.7 cm³/mol. The van der Waals surface area contributed by atoms with Crippen molar-refractivity contribution in [1.29, 1.82) is 0 Å². The Kier molecular flexibility index (Phi) is 5.04. The fourth-order valence-corrected chi connectivity index (χ4v) is 2.96. The zero-order valence-electron chi connectivity index (χ0n) is 9.45. The topological polar surface area (TPSA) is 24.1 Å². The zero-order valence-corrected chi connectivity index (χ0v) is 11.9. The van der Waals surface area contributed by atoms with Gasteiger partial charge in [0.25, 0.3) is 0 Å². The van der Waals surface area contributed by atoms with E-state index in [1.54, 1.807) is 11.3 Å². The maximum atomic E-state index is 3.46. The lowest BCUT2D eigenvalue weighted by atomic mass is 10.3. The first-order chi connectivity index (χ1) is 8.34. The molecule has 0 spiro atoms. The summed E-state index contributed by atoms with van der Waals surface area (Å²) in [6.07, 6.45) is 0.